The third kappa shape index (κ3) is 3.74. The van der Waals surface area contributed by atoms with Crippen LogP contribution in [0.3, 0.4) is 0 Å². The molecule has 0 atom stereocenters. The molecule has 0 aliphatic heterocycles. The fraction of sp³-hybridized carbons (Fsp3) is 0.100. The lowest BCUT2D eigenvalue weighted by Crippen LogP contribution is -2.03. The first-order chi connectivity index (χ1) is 17.7. The molecule has 0 bridgehead atoms. The number of hydrogen-bond donors (Lipinski definition) is 0. The molecule has 2 aromatic heterocycles. The lowest BCUT2D eigenvalue weighted by molar-refractivity contribution is 0.0990. The number of Topliss-reactive ketones (excluding diaryl/α,β-unsaturated/α-hetero) is 2. The lowest BCUT2D eigenvalue weighted by Gasteiger charge is -2.09. The molecule has 0 saturated heterocycles. The largest absolute Gasteiger partial charge is 0.434 e. The van der Waals surface area contributed by atoms with Crippen LogP contribution in [0.5, 0.6) is 0 Å². The summed E-state index contributed by atoms with van der Waals surface area (Å²) in [5.74, 6) is -0.264. The Morgan fingerprint density at radius 2 is 1.43 bits per heavy atom. The van der Waals surface area contributed by atoms with E-state index in [9.17, 15) is 9.59 Å². The second-order valence-electron chi connectivity index (χ2n) is 9.25. The quantitative estimate of drug-likeness (QED) is 0.176. The van der Waals surface area contributed by atoms with Gasteiger partial charge < -0.3 is 4.42 Å². The number of oxazole rings is 1. The van der Waals surface area contributed by atoms with Crippen LogP contribution < -0.4 is 0 Å². The number of para-hydroxylation sites is 1. The topological polar surface area (TPSA) is 65.1 Å². The molecule has 5 aromatic rings. The van der Waals surface area contributed by atoms with Crippen LogP contribution >= 0.6 is 23.2 Å². The number of halogens is 2. The number of fused-ring (bicyclic) bond motifs is 2. The average Bonchev–Trinajstić information content (AvgIpc) is 3.46. The predicted molar refractivity (Wildman–Crippen MR) is 146 cm³/mol. The Labute approximate surface area is 223 Å². The van der Waals surface area contributed by atoms with Gasteiger partial charge in [0.2, 0.25) is 5.89 Å². The summed E-state index contributed by atoms with van der Waals surface area (Å²) in [4.78, 5) is 31.2. The first kappa shape index (κ1) is 23.5. The maximum atomic E-state index is 13.2. The first-order valence-corrected chi connectivity index (χ1v) is 12.4. The molecule has 0 N–H and O–H groups in total. The van der Waals surface area contributed by atoms with Crippen LogP contribution in [-0.2, 0) is 0 Å². The SMILES string of the molecule is Cc1cc(C)c(-c2nc3c(cc(C=C4C(=O)c5cc(Cl)c(Cl)cc5C4=O)n3-c3ccccc3)o2)c(C)c1. The first-order valence-electron chi connectivity index (χ1n) is 11.7. The molecule has 37 heavy (non-hydrogen) atoms. The van der Waals surface area contributed by atoms with E-state index in [4.69, 9.17) is 32.6 Å². The third-order valence-electron chi connectivity index (χ3n) is 6.62. The van der Waals surface area contributed by atoms with Crippen molar-refractivity contribution in [2.24, 2.45) is 0 Å². The minimum atomic E-state index is -0.393. The molecule has 6 rings (SSSR count). The summed E-state index contributed by atoms with van der Waals surface area (Å²) in [6, 6.07) is 18.5. The number of carbonyl (C=O) groups is 2. The number of aryl methyl sites for hydroxylation is 3. The Kier molecular flexibility index (Phi) is 5.44. The Morgan fingerprint density at radius 1 is 0.838 bits per heavy atom. The van der Waals surface area contributed by atoms with Crippen molar-refractivity contribution in [2.45, 2.75) is 20.8 Å². The highest BCUT2D eigenvalue weighted by atomic mass is 35.5. The van der Waals surface area contributed by atoms with Crippen LogP contribution in [-0.4, -0.2) is 21.1 Å². The van der Waals surface area contributed by atoms with Gasteiger partial charge in [-0.3, -0.25) is 14.2 Å². The van der Waals surface area contributed by atoms with Crippen molar-refractivity contribution in [3.05, 3.63) is 110 Å². The van der Waals surface area contributed by atoms with Crippen molar-refractivity contribution in [1.82, 2.24) is 9.55 Å². The van der Waals surface area contributed by atoms with Crippen molar-refractivity contribution in [2.75, 3.05) is 0 Å². The maximum Gasteiger partial charge on any atom is 0.229 e. The molecule has 0 spiro atoms. The van der Waals surface area contributed by atoms with Crippen LogP contribution in [0.1, 0.15) is 43.1 Å². The smallest absolute Gasteiger partial charge is 0.229 e. The van der Waals surface area contributed by atoms with Crippen molar-refractivity contribution in [1.29, 1.82) is 0 Å². The molecule has 5 nitrogen and oxygen atoms in total. The van der Waals surface area contributed by atoms with E-state index < -0.39 is 11.6 Å². The Hall–Kier alpha value is -3.93. The number of nitrogens with zero attached hydrogens (tertiary/aromatic N) is 2. The van der Waals surface area contributed by atoms with Crippen LogP contribution in [0.4, 0.5) is 0 Å². The van der Waals surface area contributed by atoms with E-state index in [1.807, 2.05) is 48.7 Å². The monoisotopic (exact) mass is 526 g/mol. The Balaban J connectivity index is 1.55. The summed E-state index contributed by atoms with van der Waals surface area (Å²) in [6.07, 6.45) is 1.58. The number of allylic oxidation sites excluding steroid dienone is 1. The molecule has 0 radical (unpaired) electrons. The summed E-state index contributed by atoms with van der Waals surface area (Å²) in [5, 5.41) is 0.456. The molecule has 0 amide bonds. The molecule has 182 valence electrons. The van der Waals surface area contributed by atoms with E-state index in [1.54, 1.807) is 12.1 Å². The molecular weight excluding hydrogens is 507 g/mol. The van der Waals surface area contributed by atoms with E-state index in [0.29, 0.717) is 22.8 Å². The Bertz CT molecular complexity index is 1740. The number of rotatable bonds is 3. The van der Waals surface area contributed by atoms with E-state index in [2.05, 4.69) is 19.1 Å². The van der Waals surface area contributed by atoms with Gasteiger partial charge in [-0.25, -0.2) is 0 Å². The molecule has 3 aromatic carbocycles. The fourth-order valence-electron chi connectivity index (χ4n) is 5.07. The van der Waals surface area contributed by atoms with Crippen molar-refractivity contribution in [3.8, 4) is 17.1 Å². The number of aromatic nitrogens is 2. The van der Waals surface area contributed by atoms with E-state index >= 15 is 0 Å². The summed E-state index contributed by atoms with van der Waals surface area (Å²) >= 11 is 12.2. The van der Waals surface area contributed by atoms with Crippen LogP contribution in [0, 0.1) is 20.8 Å². The second-order valence-corrected chi connectivity index (χ2v) is 10.1. The van der Waals surface area contributed by atoms with Crippen molar-refractivity contribution >= 4 is 52.1 Å². The summed E-state index contributed by atoms with van der Waals surface area (Å²) in [6.45, 7) is 6.14. The maximum absolute atomic E-state index is 13.2. The second kappa shape index (κ2) is 8.58. The number of carbonyl (C=O) groups excluding carboxylic acids is 2. The van der Waals surface area contributed by atoms with E-state index in [0.717, 1.165) is 22.4 Å². The summed E-state index contributed by atoms with van der Waals surface area (Å²) < 4.78 is 8.13. The molecule has 1 aliphatic rings. The van der Waals surface area contributed by atoms with Gasteiger partial charge in [0.25, 0.3) is 0 Å². The normalized spacial score (nSPS) is 13.1. The average molecular weight is 527 g/mol. The zero-order valence-electron chi connectivity index (χ0n) is 20.2. The minimum absolute atomic E-state index is 0.0381. The fourth-order valence-corrected chi connectivity index (χ4v) is 5.40. The van der Waals surface area contributed by atoms with Gasteiger partial charge in [-0.1, -0.05) is 59.1 Å². The molecule has 0 saturated carbocycles. The van der Waals surface area contributed by atoms with Gasteiger partial charge >= 0.3 is 0 Å². The van der Waals surface area contributed by atoms with Gasteiger partial charge in [0.05, 0.1) is 21.3 Å². The molecule has 0 fully saturated rings. The van der Waals surface area contributed by atoms with Gasteiger partial charge in [-0.2, -0.15) is 4.98 Å². The minimum Gasteiger partial charge on any atom is -0.434 e. The number of benzene rings is 3. The number of ketones is 2. The van der Waals surface area contributed by atoms with Gasteiger partial charge in [0, 0.05) is 28.4 Å². The molecule has 0 unspecified atom stereocenters. The standard InChI is InChI=1S/C30H20Cl2N2O3/c1-15-9-16(2)26(17(3)10-15)30-33-29-25(37-30)12-19(34(29)18-7-5-4-6-8-18)11-22-27(35)20-13-23(31)24(32)14-21(20)28(22)36/h4-14H,1-3H3. The lowest BCUT2D eigenvalue weighted by atomic mass is 10.00. The molecule has 1 aliphatic carbocycles. The van der Waals surface area contributed by atoms with Crippen molar-refractivity contribution < 1.29 is 14.0 Å². The zero-order valence-corrected chi connectivity index (χ0v) is 21.7. The van der Waals surface area contributed by atoms with Crippen LogP contribution in [0.15, 0.2) is 70.7 Å². The van der Waals surface area contributed by atoms with E-state index in [1.165, 1.54) is 17.7 Å². The Morgan fingerprint density at radius 3 is 2.03 bits per heavy atom. The molecule has 7 heteroatoms. The summed E-state index contributed by atoms with van der Waals surface area (Å²) in [7, 11) is 0. The highest BCUT2D eigenvalue weighted by Crippen LogP contribution is 2.37. The predicted octanol–water partition coefficient (Wildman–Crippen LogP) is 7.98. The number of hydrogen-bond acceptors (Lipinski definition) is 4. The van der Waals surface area contributed by atoms with Crippen LogP contribution in [0.25, 0.3) is 34.4 Å². The van der Waals surface area contributed by atoms with E-state index in [-0.39, 0.29) is 26.7 Å². The molecular formula is C30H20Cl2N2O3. The van der Waals surface area contributed by atoms with Crippen LogP contribution in [0.2, 0.25) is 10.0 Å². The van der Waals surface area contributed by atoms with Gasteiger partial charge in [0.1, 0.15) is 0 Å². The summed E-state index contributed by atoms with van der Waals surface area (Å²) in [5.41, 5.74) is 7.37. The third-order valence-corrected chi connectivity index (χ3v) is 7.34. The van der Waals surface area contributed by atoms with Gasteiger partial charge in [0.15, 0.2) is 22.8 Å². The van der Waals surface area contributed by atoms with Gasteiger partial charge in [-0.05, 0) is 62.2 Å². The highest BCUT2D eigenvalue weighted by Gasteiger charge is 2.34. The zero-order chi connectivity index (χ0) is 26.0. The van der Waals surface area contributed by atoms with Gasteiger partial charge in [-0.15, -0.1) is 0 Å². The van der Waals surface area contributed by atoms with Crippen molar-refractivity contribution in [3.63, 3.8) is 0 Å². The highest BCUT2D eigenvalue weighted by molar-refractivity contribution is 6.46. The molecule has 2 heterocycles.